The van der Waals surface area contributed by atoms with E-state index in [4.69, 9.17) is 4.74 Å². The standard InChI is InChI=1S/C14H17F4NO/c1-20-3-2-19-8-10-6-13(10)9-4-11(14(16,17)18)7-12(15)5-9/h4-5,7,10,13,19H,2-3,6,8H2,1H3. The van der Waals surface area contributed by atoms with Gasteiger partial charge in [0.05, 0.1) is 12.2 Å². The Balaban J connectivity index is 1.96. The predicted molar refractivity (Wildman–Crippen MR) is 67.0 cm³/mol. The second-order valence-electron chi connectivity index (χ2n) is 5.07. The monoisotopic (exact) mass is 291 g/mol. The maximum absolute atomic E-state index is 13.3. The van der Waals surface area contributed by atoms with Crippen molar-refractivity contribution in [2.75, 3.05) is 26.8 Å². The number of benzene rings is 1. The third kappa shape index (κ3) is 3.93. The van der Waals surface area contributed by atoms with Crippen LogP contribution in [0, 0.1) is 11.7 Å². The van der Waals surface area contributed by atoms with Crippen molar-refractivity contribution in [1.82, 2.24) is 5.32 Å². The normalized spacial score (nSPS) is 22.1. The molecular weight excluding hydrogens is 274 g/mol. The molecule has 0 amide bonds. The summed E-state index contributed by atoms with van der Waals surface area (Å²) in [5, 5.41) is 3.17. The maximum Gasteiger partial charge on any atom is 0.416 e. The molecule has 1 fully saturated rings. The van der Waals surface area contributed by atoms with E-state index in [-0.39, 0.29) is 11.8 Å². The molecule has 112 valence electrons. The van der Waals surface area contributed by atoms with Gasteiger partial charge in [0.25, 0.3) is 0 Å². The predicted octanol–water partition coefficient (Wildman–Crippen LogP) is 3.18. The quantitative estimate of drug-likeness (QED) is 0.642. The van der Waals surface area contributed by atoms with Crippen molar-refractivity contribution in [2.24, 2.45) is 5.92 Å². The molecule has 2 nitrogen and oxygen atoms in total. The van der Waals surface area contributed by atoms with Crippen LogP contribution in [0.4, 0.5) is 17.6 Å². The minimum Gasteiger partial charge on any atom is -0.383 e. The molecule has 1 saturated carbocycles. The summed E-state index contributed by atoms with van der Waals surface area (Å²) in [7, 11) is 1.60. The van der Waals surface area contributed by atoms with Crippen LogP contribution >= 0.6 is 0 Å². The molecule has 0 spiro atoms. The van der Waals surface area contributed by atoms with Crippen LogP contribution in [0.15, 0.2) is 18.2 Å². The first-order chi connectivity index (χ1) is 9.41. The van der Waals surface area contributed by atoms with Gasteiger partial charge >= 0.3 is 6.18 Å². The van der Waals surface area contributed by atoms with Gasteiger partial charge in [0.15, 0.2) is 0 Å². The maximum atomic E-state index is 13.3. The van der Waals surface area contributed by atoms with Crippen molar-refractivity contribution in [3.8, 4) is 0 Å². The molecule has 0 aliphatic heterocycles. The zero-order valence-corrected chi connectivity index (χ0v) is 11.1. The summed E-state index contributed by atoms with van der Waals surface area (Å²) in [5.41, 5.74) is -0.471. The first kappa shape index (κ1) is 15.3. The number of hydrogen-bond acceptors (Lipinski definition) is 2. The van der Waals surface area contributed by atoms with Gasteiger partial charge < -0.3 is 10.1 Å². The van der Waals surface area contributed by atoms with Gasteiger partial charge in [0.1, 0.15) is 5.82 Å². The van der Waals surface area contributed by atoms with Crippen LogP contribution in [-0.4, -0.2) is 26.8 Å². The second kappa shape index (κ2) is 6.10. The number of ether oxygens (including phenoxy) is 1. The molecule has 2 unspecified atom stereocenters. The minimum atomic E-state index is -4.50. The van der Waals surface area contributed by atoms with Crippen molar-refractivity contribution in [3.05, 3.63) is 35.1 Å². The van der Waals surface area contributed by atoms with Gasteiger partial charge in [-0.1, -0.05) is 0 Å². The van der Waals surface area contributed by atoms with Crippen LogP contribution in [-0.2, 0) is 10.9 Å². The van der Waals surface area contributed by atoms with E-state index in [1.165, 1.54) is 6.07 Å². The molecule has 0 heterocycles. The largest absolute Gasteiger partial charge is 0.416 e. The molecule has 0 bridgehead atoms. The van der Waals surface area contributed by atoms with Crippen molar-refractivity contribution >= 4 is 0 Å². The van der Waals surface area contributed by atoms with Crippen LogP contribution in [0.25, 0.3) is 0 Å². The van der Waals surface area contributed by atoms with Crippen molar-refractivity contribution in [3.63, 3.8) is 0 Å². The van der Waals surface area contributed by atoms with E-state index in [0.717, 1.165) is 12.5 Å². The van der Waals surface area contributed by atoms with Crippen molar-refractivity contribution < 1.29 is 22.3 Å². The van der Waals surface area contributed by atoms with E-state index in [1.54, 1.807) is 7.11 Å². The SMILES string of the molecule is COCCNCC1CC1c1cc(F)cc(C(F)(F)F)c1. The molecule has 1 aromatic rings. The molecule has 1 aliphatic carbocycles. The van der Waals surface area contributed by atoms with E-state index in [9.17, 15) is 17.6 Å². The van der Waals surface area contributed by atoms with E-state index < -0.39 is 17.6 Å². The van der Waals surface area contributed by atoms with Gasteiger partial charge in [0.2, 0.25) is 0 Å². The van der Waals surface area contributed by atoms with Crippen LogP contribution in [0.3, 0.4) is 0 Å². The zero-order chi connectivity index (χ0) is 14.8. The highest BCUT2D eigenvalue weighted by atomic mass is 19.4. The van der Waals surface area contributed by atoms with Crippen LogP contribution < -0.4 is 5.32 Å². The smallest absolute Gasteiger partial charge is 0.383 e. The van der Waals surface area contributed by atoms with Gasteiger partial charge in [0, 0.05) is 13.7 Å². The van der Waals surface area contributed by atoms with Crippen molar-refractivity contribution in [2.45, 2.75) is 18.5 Å². The molecule has 2 atom stereocenters. The van der Waals surface area contributed by atoms with Crippen molar-refractivity contribution in [1.29, 1.82) is 0 Å². The van der Waals surface area contributed by atoms with Crippen LogP contribution in [0.1, 0.15) is 23.5 Å². The van der Waals surface area contributed by atoms with Gasteiger partial charge in [-0.25, -0.2) is 4.39 Å². The van der Waals surface area contributed by atoms with E-state index in [1.807, 2.05) is 0 Å². The number of nitrogens with one attached hydrogen (secondary N) is 1. The highest BCUT2D eigenvalue weighted by molar-refractivity contribution is 5.32. The molecule has 1 N–H and O–H groups in total. The Hall–Kier alpha value is -1.14. The lowest BCUT2D eigenvalue weighted by Crippen LogP contribution is -2.21. The lowest BCUT2D eigenvalue weighted by molar-refractivity contribution is -0.137. The number of halogens is 4. The Kier molecular flexibility index (Phi) is 4.65. The topological polar surface area (TPSA) is 21.3 Å². The molecule has 1 aliphatic rings. The first-order valence-electron chi connectivity index (χ1n) is 6.49. The summed E-state index contributed by atoms with van der Waals surface area (Å²) in [4.78, 5) is 0. The Morgan fingerprint density at radius 3 is 2.70 bits per heavy atom. The summed E-state index contributed by atoms with van der Waals surface area (Å²) in [6, 6.07) is 2.80. The third-order valence-electron chi connectivity index (χ3n) is 3.49. The highest BCUT2D eigenvalue weighted by Gasteiger charge is 2.39. The summed E-state index contributed by atoms with van der Waals surface area (Å²) in [5.74, 6) is -0.538. The minimum absolute atomic E-state index is 0.0156. The van der Waals surface area contributed by atoms with Crippen LogP contribution in [0.5, 0.6) is 0 Å². The second-order valence-corrected chi connectivity index (χ2v) is 5.07. The number of alkyl halides is 3. The molecular formula is C14H17F4NO. The molecule has 20 heavy (non-hydrogen) atoms. The third-order valence-corrected chi connectivity index (χ3v) is 3.49. The average Bonchev–Trinajstić information content (AvgIpc) is 3.12. The van der Waals surface area contributed by atoms with Gasteiger partial charge in [-0.15, -0.1) is 0 Å². The van der Waals surface area contributed by atoms with Crippen LogP contribution in [0.2, 0.25) is 0 Å². The summed E-state index contributed by atoms with van der Waals surface area (Å²) >= 11 is 0. The molecule has 6 heteroatoms. The molecule has 0 aromatic heterocycles. The lowest BCUT2D eigenvalue weighted by Gasteiger charge is -2.09. The fourth-order valence-corrected chi connectivity index (χ4v) is 2.33. The first-order valence-corrected chi connectivity index (χ1v) is 6.49. The van der Waals surface area contributed by atoms with E-state index in [2.05, 4.69) is 5.32 Å². The Labute approximate surface area is 115 Å². The van der Waals surface area contributed by atoms with Gasteiger partial charge in [-0.05, 0) is 48.6 Å². The number of hydrogen-bond donors (Lipinski definition) is 1. The molecule has 0 radical (unpaired) electrons. The summed E-state index contributed by atoms with van der Waals surface area (Å²) in [6.45, 7) is 2.01. The average molecular weight is 291 g/mol. The van der Waals surface area contributed by atoms with Gasteiger partial charge in [-0.3, -0.25) is 0 Å². The Morgan fingerprint density at radius 1 is 1.30 bits per heavy atom. The highest BCUT2D eigenvalue weighted by Crippen LogP contribution is 2.48. The Bertz CT molecular complexity index is 461. The number of rotatable bonds is 6. The van der Waals surface area contributed by atoms with Gasteiger partial charge in [-0.2, -0.15) is 13.2 Å². The fraction of sp³-hybridized carbons (Fsp3) is 0.571. The molecule has 1 aromatic carbocycles. The van der Waals surface area contributed by atoms with E-state index >= 15 is 0 Å². The molecule has 2 rings (SSSR count). The summed E-state index contributed by atoms with van der Waals surface area (Å²) < 4.78 is 56.1. The lowest BCUT2D eigenvalue weighted by atomic mass is 10.0. The van der Waals surface area contributed by atoms with E-state index in [0.29, 0.717) is 31.3 Å². The molecule has 0 saturated heterocycles. The number of methoxy groups -OCH3 is 1. The summed E-state index contributed by atoms with van der Waals surface area (Å²) in [6.07, 6.45) is -3.71. The Morgan fingerprint density at radius 2 is 2.05 bits per heavy atom. The fourth-order valence-electron chi connectivity index (χ4n) is 2.33. The zero-order valence-electron chi connectivity index (χ0n) is 11.1.